The van der Waals surface area contributed by atoms with Gasteiger partial charge in [0.25, 0.3) is 0 Å². The summed E-state index contributed by atoms with van der Waals surface area (Å²) >= 11 is 0. The molecule has 0 radical (unpaired) electrons. The molecule has 3 nitrogen and oxygen atoms in total. The smallest absolute Gasteiger partial charge is 0.309 e. The highest BCUT2D eigenvalue weighted by Crippen LogP contribution is 2.45. The molecule has 0 spiro atoms. The van der Waals surface area contributed by atoms with Gasteiger partial charge < -0.3 is 9.16 Å². The molecule has 1 saturated carbocycles. The molecular formula is C17H34O3Si. The van der Waals surface area contributed by atoms with Crippen molar-refractivity contribution < 1.29 is 14.0 Å². The summed E-state index contributed by atoms with van der Waals surface area (Å²) in [6.45, 7) is 13.4. The van der Waals surface area contributed by atoms with Crippen LogP contribution in [0, 0.1) is 23.7 Å². The zero-order valence-corrected chi connectivity index (χ0v) is 15.9. The minimum atomic E-state index is -1.62. The van der Waals surface area contributed by atoms with Gasteiger partial charge in [0.2, 0.25) is 0 Å². The number of hydrogen-bond acceptors (Lipinski definition) is 3. The minimum Gasteiger partial charge on any atom is -0.469 e. The first-order valence-electron chi connectivity index (χ1n) is 8.61. The van der Waals surface area contributed by atoms with Crippen molar-refractivity contribution in [2.75, 3.05) is 7.11 Å². The Morgan fingerprint density at radius 3 is 2.10 bits per heavy atom. The summed E-state index contributed by atoms with van der Waals surface area (Å²) < 4.78 is 11.8. The first kappa shape index (κ1) is 18.7. The van der Waals surface area contributed by atoms with Gasteiger partial charge in [-0.25, -0.2) is 0 Å². The van der Waals surface area contributed by atoms with Crippen LogP contribution >= 0.6 is 0 Å². The summed E-state index contributed by atoms with van der Waals surface area (Å²) in [6.07, 6.45) is 1.24. The number of esters is 1. The SMILES string of the molecule is CC[Si](CC)(CC)O[C@@H]1C[C@@H](C(C)C)[C@H](C(=O)OC)[C@H]1C. The molecule has 21 heavy (non-hydrogen) atoms. The molecule has 1 rings (SSSR count). The van der Waals surface area contributed by atoms with Crippen molar-refractivity contribution in [3.63, 3.8) is 0 Å². The van der Waals surface area contributed by atoms with Gasteiger partial charge in [0.15, 0.2) is 8.32 Å². The fraction of sp³-hybridized carbons (Fsp3) is 0.941. The summed E-state index contributed by atoms with van der Waals surface area (Å²) in [5.41, 5.74) is 0. The Kier molecular flexibility index (Phi) is 6.92. The number of hydrogen-bond donors (Lipinski definition) is 0. The molecule has 124 valence electrons. The fourth-order valence-corrected chi connectivity index (χ4v) is 6.89. The average molecular weight is 315 g/mol. The Bertz CT molecular complexity index is 331. The average Bonchev–Trinajstić information content (AvgIpc) is 2.81. The second kappa shape index (κ2) is 7.77. The molecule has 0 saturated heterocycles. The second-order valence-electron chi connectivity index (χ2n) is 6.95. The van der Waals surface area contributed by atoms with Crippen molar-refractivity contribution in [3.8, 4) is 0 Å². The monoisotopic (exact) mass is 314 g/mol. The van der Waals surface area contributed by atoms with Crippen molar-refractivity contribution in [3.05, 3.63) is 0 Å². The standard InChI is InChI=1S/C17H34O3Si/c1-8-21(9-2,10-3)20-15-11-14(12(4)5)16(13(15)6)17(18)19-7/h12-16H,8-11H2,1-7H3/t13-,14-,15+,16+/m0/s1. The first-order chi connectivity index (χ1) is 9.85. The van der Waals surface area contributed by atoms with Gasteiger partial charge in [-0.15, -0.1) is 0 Å². The lowest BCUT2D eigenvalue weighted by molar-refractivity contribution is -0.149. The van der Waals surface area contributed by atoms with Crippen LogP contribution in [0.3, 0.4) is 0 Å². The Labute approximate surface area is 131 Å². The minimum absolute atomic E-state index is 0.00253. The molecule has 4 atom stereocenters. The third-order valence-electron chi connectivity index (χ3n) is 5.78. The van der Waals surface area contributed by atoms with E-state index in [9.17, 15) is 4.79 Å². The van der Waals surface area contributed by atoms with Crippen molar-refractivity contribution in [2.24, 2.45) is 23.7 Å². The van der Waals surface area contributed by atoms with Crippen LogP contribution in [0.4, 0.5) is 0 Å². The van der Waals surface area contributed by atoms with Gasteiger partial charge in [-0.1, -0.05) is 41.5 Å². The van der Waals surface area contributed by atoms with Gasteiger partial charge in [0, 0.05) is 6.10 Å². The summed E-state index contributed by atoms with van der Waals surface area (Å²) in [7, 11) is -0.112. The van der Waals surface area contributed by atoms with Gasteiger partial charge >= 0.3 is 5.97 Å². The summed E-state index contributed by atoms with van der Waals surface area (Å²) in [5.74, 6) is 1.09. The molecule has 0 bridgehead atoms. The lowest BCUT2D eigenvalue weighted by atomic mass is 9.83. The molecule has 0 amide bonds. The molecule has 4 heteroatoms. The fourth-order valence-electron chi connectivity index (χ4n) is 3.94. The van der Waals surface area contributed by atoms with E-state index in [-0.39, 0.29) is 23.9 Å². The van der Waals surface area contributed by atoms with Gasteiger partial charge in [0.1, 0.15) is 0 Å². The largest absolute Gasteiger partial charge is 0.469 e. The van der Waals surface area contributed by atoms with Crippen molar-refractivity contribution in [2.45, 2.75) is 72.2 Å². The van der Waals surface area contributed by atoms with Gasteiger partial charge in [-0.05, 0) is 42.3 Å². The zero-order chi connectivity index (χ0) is 16.2. The van der Waals surface area contributed by atoms with Gasteiger partial charge in [-0.2, -0.15) is 0 Å². The predicted molar refractivity (Wildman–Crippen MR) is 89.7 cm³/mol. The third kappa shape index (κ3) is 3.89. The summed E-state index contributed by atoms with van der Waals surface area (Å²) in [6, 6.07) is 3.50. The van der Waals surface area contributed by atoms with E-state index in [0.717, 1.165) is 6.42 Å². The zero-order valence-electron chi connectivity index (χ0n) is 14.9. The molecule has 0 aromatic rings. The maximum atomic E-state index is 12.2. The highest BCUT2D eigenvalue weighted by molar-refractivity contribution is 6.73. The van der Waals surface area contributed by atoms with Crippen LogP contribution in [0.1, 0.15) is 48.0 Å². The topological polar surface area (TPSA) is 35.5 Å². The lowest BCUT2D eigenvalue weighted by Crippen LogP contribution is -2.41. The molecule has 0 aromatic carbocycles. The van der Waals surface area contributed by atoms with Gasteiger partial charge in [0.05, 0.1) is 13.0 Å². The number of carbonyl (C=O) groups is 1. The molecule has 1 aliphatic rings. The number of methoxy groups -OCH3 is 1. The first-order valence-corrected chi connectivity index (χ1v) is 11.1. The molecule has 0 unspecified atom stereocenters. The van der Waals surface area contributed by atoms with E-state index in [1.165, 1.54) is 25.2 Å². The molecule has 0 aliphatic heterocycles. The van der Waals surface area contributed by atoms with Crippen molar-refractivity contribution >= 4 is 14.3 Å². The second-order valence-corrected chi connectivity index (χ2v) is 11.7. The van der Waals surface area contributed by atoms with Crippen LogP contribution in [0.5, 0.6) is 0 Å². The Morgan fingerprint density at radius 1 is 1.19 bits per heavy atom. The van der Waals surface area contributed by atoms with Crippen molar-refractivity contribution in [1.82, 2.24) is 0 Å². The van der Waals surface area contributed by atoms with E-state index in [1.807, 2.05) is 0 Å². The third-order valence-corrected chi connectivity index (χ3v) is 10.5. The number of rotatable bonds is 7. The van der Waals surface area contributed by atoms with Crippen LogP contribution in [-0.2, 0) is 14.0 Å². The molecule has 0 aromatic heterocycles. The predicted octanol–water partition coefficient (Wildman–Crippen LogP) is 4.48. The maximum Gasteiger partial charge on any atom is 0.309 e. The maximum absolute atomic E-state index is 12.2. The molecular weight excluding hydrogens is 280 g/mol. The highest BCUT2D eigenvalue weighted by atomic mass is 28.4. The van der Waals surface area contributed by atoms with E-state index in [2.05, 4.69) is 41.5 Å². The van der Waals surface area contributed by atoms with Crippen LogP contribution in [-0.4, -0.2) is 27.5 Å². The van der Waals surface area contributed by atoms with Crippen LogP contribution in [0.15, 0.2) is 0 Å². The van der Waals surface area contributed by atoms with Crippen LogP contribution < -0.4 is 0 Å². The Balaban J connectivity index is 2.93. The van der Waals surface area contributed by atoms with Gasteiger partial charge in [-0.3, -0.25) is 4.79 Å². The van der Waals surface area contributed by atoms with E-state index >= 15 is 0 Å². The number of carbonyl (C=O) groups excluding carboxylic acids is 1. The number of ether oxygens (including phenoxy) is 1. The quantitative estimate of drug-likeness (QED) is 0.513. The van der Waals surface area contributed by atoms with E-state index in [4.69, 9.17) is 9.16 Å². The van der Waals surface area contributed by atoms with Crippen molar-refractivity contribution in [1.29, 1.82) is 0 Å². The van der Waals surface area contributed by atoms with Crippen LogP contribution in [0.25, 0.3) is 0 Å². The highest BCUT2D eigenvalue weighted by Gasteiger charge is 2.49. The van der Waals surface area contributed by atoms with Crippen LogP contribution in [0.2, 0.25) is 18.1 Å². The van der Waals surface area contributed by atoms with E-state index in [0.29, 0.717) is 11.8 Å². The lowest BCUT2D eigenvalue weighted by Gasteiger charge is -2.33. The molecule has 0 N–H and O–H groups in total. The summed E-state index contributed by atoms with van der Waals surface area (Å²) in [4.78, 5) is 12.2. The molecule has 1 aliphatic carbocycles. The van der Waals surface area contributed by atoms with E-state index < -0.39 is 8.32 Å². The summed E-state index contributed by atoms with van der Waals surface area (Å²) in [5, 5.41) is 0. The van der Waals surface area contributed by atoms with E-state index in [1.54, 1.807) is 0 Å². The Hall–Kier alpha value is -0.353. The molecule has 0 heterocycles. The normalized spacial score (nSPS) is 29.9. The Morgan fingerprint density at radius 2 is 1.71 bits per heavy atom. The molecule has 1 fully saturated rings.